The smallest absolute Gasteiger partial charge is 0.340 e. The van der Waals surface area contributed by atoms with Crippen LogP contribution in [-0.2, 0) is 25.6 Å². The molecule has 0 bridgehead atoms. The Bertz CT molecular complexity index is 1360. The molecule has 0 aliphatic carbocycles. The largest absolute Gasteiger partial charge is 0.462 e. The first-order valence-corrected chi connectivity index (χ1v) is 11.2. The Morgan fingerprint density at radius 2 is 1.93 bits per heavy atom. The maximum atomic E-state index is 12.7. The molecule has 154 valence electrons. The van der Waals surface area contributed by atoms with Gasteiger partial charge in [-0.1, -0.05) is 18.2 Å². The highest BCUT2D eigenvalue weighted by molar-refractivity contribution is 7.85. The summed E-state index contributed by atoms with van der Waals surface area (Å²) in [6.07, 6.45) is 4.52. The predicted octanol–water partition coefficient (Wildman–Crippen LogP) is 3.81. The van der Waals surface area contributed by atoms with E-state index in [4.69, 9.17) is 8.92 Å². The zero-order chi connectivity index (χ0) is 21.3. The molecule has 0 saturated heterocycles. The van der Waals surface area contributed by atoms with E-state index in [0.29, 0.717) is 16.8 Å². The molecule has 0 unspecified atom stereocenters. The number of benzene rings is 1. The fourth-order valence-electron chi connectivity index (χ4n) is 3.35. The summed E-state index contributed by atoms with van der Waals surface area (Å²) in [5.74, 6) is -0.432. The number of aromatic nitrogens is 2. The molecule has 0 amide bonds. The second-order valence-corrected chi connectivity index (χ2v) is 8.48. The van der Waals surface area contributed by atoms with Crippen molar-refractivity contribution in [2.45, 2.75) is 13.5 Å². The van der Waals surface area contributed by atoms with E-state index in [1.54, 1.807) is 37.5 Å². The van der Waals surface area contributed by atoms with Gasteiger partial charge in [0.05, 0.1) is 36.2 Å². The maximum Gasteiger partial charge on any atom is 0.340 e. The van der Waals surface area contributed by atoms with E-state index >= 15 is 0 Å². The van der Waals surface area contributed by atoms with E-state index in [1.807, 2.05) is 34.7 Å². The van der Waals surface area contributed by atoms with Gasteiger partial charge in [0.2, 0.25) is 0 Å². The van der Waals surface area contributed by atoms with Gasteiger partial charge in [-0.2, -0.15) is 8.42 Å². The molecule has 0 radical (unpaired) electrons. The number of rotatable bonds is 6. The van der Waals surface area contributed by atoms with Crippen LogP contribution >= 0.6 is 0 Å². The van der Waals surface area contributed by atoms with Crippen molar-refractivity contribution in [2.75, 3.05) is 12.9 Å². The van der Waals surface area contributed by atoms with Crippen LogP contribution in [0.3, 0.4) is 0 Å². The molecule has 0 N–H and O–H groups in total. The summed E-state index contributed by atoms with van der Waals surface area (Å²) in [6, 6.07) is 15.0. The maximum absolute atomic E-state index is 12.7. The minimum Gasteiger partial charge on any atom is -0.462 e. The normalized spacial score (nSPS) is 11.8. The summed E-state index contributed by atoms with van der Waals surface area (Å²) in [7, 11) is -3.55. The SMILES string of the molecule is CCOC(=O)c1cc2cc(COS(C)(=O)=O)ccn2c1-c1cnc2ccccc2c1. The van der Waals surface area contributed by atoms with Crippen LogP contribution in [-0.4, -0.2) is 36.6 Å². The minimum atomic E-state index is -3.55. The number of hydrogen-bond donors (Lipinski definition) is 0. The lowest BCUT2D eigenvalue weighted by molar-refractivity contribution is 0.0527. The van der Waals surface area contributed by atoms with Gasteiger partial charge in [-0.25, -0.2) is 4.79 Å². The molecule has 3 heterocycles. The quantitative estimate of drug-likeness (QED) is 0.346. The lowest BCUT2D eigenvalue weighted by Crippen LogP contribution is -2.05. The van der Waals surface area contributed by atoms with Crippen LogP contribution in [0.25, 0.3) is 27.7 Å². The predicted molar refractivity (Wildman–Crippen MR) is 114 cm³/mol. The van der Waals surface area contributed by atoms with Crippen LogP contribution < -0.4 is 0 Å². The van der Waals surface area contributed by atoms with Gasteiger partial charge in [0, 0.05) is 28.9 Å². The van der Waals surface area contributed by atoms with Crippen molar-refractivity contribution in [1.29, 1.82) is 0 Å². The zero-order valence-corrected chi connectivity index (χ0v) is 17.3. The summed E-state index contributed by atoms with van der Waals surface area (Å²) in [6.45, 7) is 1.93. The molecule has 30 heavy (non-hydrogen) atoms. The fraction of sp³-hybridized carbons (Fsp3) is 0.182. The Labute approximate surface area is 174 Å². The summed E-state index contributed by atoms with van der Waals surface area (Å²) < 4.78 is 34.6. The third-order valence-corrected chi connectivity index (χ3v) is 5.18. The number of hydrogen-bond acceptors (Lipinski definition) is 6. The second-order valence-electron chi connectivity index (χ2n) is 6.84. The van der Waals surface area contributed by atoms with Crippen molar-refractivity contribution >= 4 is 32.5 Å². The number of carbonyl (C=O) groups excluding carboxylic acids is 1. The molecule has 0 fully saturated rings. The van der Waals surface area contributed by atoms with Gasteiger partial charge in [0.25, 0.3) is 10.1 Å². The Kier molecular flexibility index (Phi) is 5.27. The Morgan fingerprint density at radius 1 is 1.13 bits per heavy atom. The minimum absolute atomic E-state index is 0.0812. The van der Waals surface area contributed by atoms with E-state index in [1.165, 1.54) is 0 Å². The van der Waals surface area contributed by atoms with Crippen LogP contribution in [0, 0.1) is 0 Å². The summed E-state index contributed by atoms with van der Waals surface area (Å²) in [4.78, 5) is 17.2. The number of fused-ring (bicyclic) bond motifs is 2. The van der Waals surface area contributed by atoms with Gasteiger partial charge in [-0.15, -0.1) is 0 Å². The standard InChI is InChI=1S/C22H20N2O5S/c1-3-28-22(25)19-12-18-10-15(14-29-30(2,26)27)8-9-24(18)21(19)17-11-16-6-4-5-7-20(16)23-13-17/h4-13H,3,14H2,1-2H3. The zero-order valence-electron chi connectivity index (χ0n) is 16.5. The molecule has 3 aromatic heterocycles. The molecule has 0 saturated carbocycles. The van der Waals surface area contributed by atoms with Gasteiger partial charge < -0.3 is 9.14 Å². The topological polar surface area (TPSA) is 87.0 Å². The third-order valence-electron chi connectivity index (χ3n) is 4.64. The van der Waals surface area contributed by atoms with E-state index in [2.05, 4.69) is 4.98 Å². The van der Waals surface area contributed by atoms with Crippen LogP contribution in [0.1, 0.15) is 22.8 Å². The van der Waals surface area contributed by atoms with Gasteiger partial charge in [0.1, 0.15) is 0 Å². The van der Waals surface area contributed by atoms with Crippen molar-refractivity contribution in [3.8, 4) is 11.3 Å². The number of esters is 1. The average Bonchev–Trinajstić information content (AvgIpc) is 3.10. The summed E-state index contributed by atoms with van der Waals surface area (Å²) in [5.41, 5.74) is 4.10. The van der Waals surface area contributed by atoms with E-state index < -0.39 is 16.1 Å². The first-order chi connectivity index (χ1) is 14.4. The molecule has 0 atom stereocenters. The van der Waals surface area contributed by atoms with Crippen molar-refractivity contribution in [3.05, 3.63) is 72.1 Å². The molecule has 4 aromatic rings. The van der Waals surface area contributed by atoms with E-state index in [0.717, 1.165) is 28.2 Å². The molecule has 7 nitrogen and oxygen atoms in total. The van der Waals surface area contributed by atoms with Crippen molar-refractivity contribution in [2.24, 2.45) is 0 Å². The fourth-order valence-corrected chi connectivity index (χ4v) is 3.70. The monoisotopic (exact) mass is 424 g/mol. The number of nitrogens with zero attached hydrogens (tertiary/aromatic N) is 2. The molecular formula is C22H20N2O5S. The first-order valence-electron chi connectivity index (χ1n) is 9.36. The Morgan fingerprint density at radius 3 is 2.70 bits per heavy atom. The van der Waals surface area contributed by atoms with Crippen molar-refractivity contribution in [1.82, 2.24) is 9.38 Å². The lowest BCUT2D eigenvalue weighted by atomic mass is 10.1. The van der Waals surface area contributed by atoms with E-state index in [-0.39, 0.29) is 13.2 Å². The van der Waals surface area contributed by atoms with Crippen LogP contribution in [0.5, 0.6) is 0 Å². The number of ether oxygens (including phenoxy) is 1. The summed E-state index contributed by atoms with van der Waals surface area (Å²) >= 11 is 0. The highest BCUT2D eigenvalue weighted by atomic mass is 32.2. The molecule has 8 heteroatoms. The molecule has 1 aromatic carbocycles. The number of para-hydroxylation sites is 1. The van der Waals surface area contributed by atoms with Crippen molar-refractivity contribution < 1.29 is 22.1 Å². The average molecular weight is 424 g/mol. The third kappa shape index (κ3) is 4.05. The molecule has 0 aliphatic rings. The van der Waals surface area contributed by atoms with Gasteiger partial charge in [-0.3, -0.25) is 9.17 Å². The van der Waals surface area contributed by atoms with Crippen LogP contribution in [0.15, 0.2) is 60.9 Å². The van der Waals surface area contributed by atoms with Gasteiger partial charge >= 0.3 is 5.97 Å². The molecule has 0 spiro atoms. The van der Waals surface area contributed by atoms with Gasteiger partial charge in [0.15, 0.2) is 0 Å². The van der Waals surface area contributed by atoms with Crippen molar-refractivity contribution in [3.63, 3.8) is 0 Å². The highest BCUT2D eigenvalue weighted by Gasteiger charge is 2.20. The molecule has 0 aliphatic heterocycles. The second kappa shape index (κ2) is 7.89. The van der Waals surface area contributed by atoms with E-state index in [9.17, 15) is 13.2 Å². The molecule has 4 rings (SSSR count). The Hall–Kier alpha value is -3.23. The number of pyridine rings is 2. The first kappa shape index (κ1) is 20.1. The van der Waals surface area contributed by atoms with Crippen LogP contribution in [0.4, 0.5) is 0 Å². The highest BCUT2D eigenvalue weighted by Crippen LogP contribution is 2.30. The van der Waals surface area contributed by atoms with Gasteiger partial charge in [-0.05, 0) is 42.8 Å². The summed E-state index contributed by atoms with van der Waals surface area (Å²) in [5, 5.41) is 0.956. The lowest BCUT2D eigenvalue weighted by Gasteiger charge is -2.09. The molecular weight excluding hydrogens is 404 g/mol. The Balaban J connectivity index is 1.86. The number of carbonyl (C=O) groups is 1. The van der Waals surface area contributed by atoms with Crippen LogP contribution in [0.2, 0.25) is 0 Å².